The van der Waals surface area contributed by atoms with Gasteiger partial charge in [0, 0.05) is 29.6 Å². The van der Waals surface area contributed by atoms with Crippen molar-refractivity contribution in [2.24, 2.45) is 10.1 Å². The van der Waals surface area contributed by atoms with Crippen LogP contribution in [0.15, 0.2) is 39.1 Å². The average molecular weight is 582 g/mol. The van der Waals surface area contributed by atoms with Crippen molar-refractivity contribution in [3.63, 3.8) is 0 Å². The maximum Gasteiger partial charge on any atom is 0.352 e. The molecule has 0 unspecified atom stereocenters. The van der Waals surface area contributed by atoms with Crippen molar-refractivity contribution in [3.05, 3.63) is 34.6 Å². The Labute approximate surface area is 228 Å². The minimum absolute atomic E-state index is 0.147. The quantitative estimate of drug-likeness (QED) is 0.167. The van der Waals surface area contributed by atoms with E-state index in [4.69, 9.17) is 15.7 Å². The van der Waals surface area contributed by atoms with Crippen LogP contribution in [0.1, 0.15) is 12.6 Å². The third-order valence-corrected chi connectivity index (χ3v) is 8.52. The number of β-lactam (4-membered cyclic amide) rings is 1. The van der Waals surface area contributed by atoms with Gasteiger partial charge in [-0.2, -0.15) is 0 Å². The number of hydrogen-bond acceptors (Lipinski definition) is 13. The molecular weight excluding hydrogens is 558 g/mol. The van der Waals surface area contributed by atoms with Gasteiger partial charge in [0.15, 0.2) is 16.0 Å². The topological polar surface area (TPSA) is 200 Å². The first-order valence-corrected chi connectivity index (χ1v) is 14.1. The van der Waals surface area contributed by atoms with Crippen molar-refractivity contribution in [1.82, 2.24) is 20.1 Å². The Balaban J connectivity index is 1.47. The van der Waals surface area contributed by atoms with Crippen molar-refractivity contribution < 1.29 is 34.2 Å². The highest BCUT2D eigenvalue weighted by molar-refractivity contribution is 8.14. The average Bonchev–Trinajstić information content (AvgIpc) is 3.31. The Morgan fingerprint density at radius 2 is 2.16 bits per heavy atom. The number of rotatable bonds is 10. The Bertz CT molecular complexity index is 1280. The van der Waals surface area contributed by atoms with Gasteiger partial charge in [0.05, 0.1) is 0 Å². The molecule has 2 amide bonds. The highest BCUT2D eigenvalue weighted by Crippen LogP contribution is 2.41. The highest BCUT2D eigenvalue weighted by Gasteiger charge is 2.54. The number of oxime groups is 1. The fraction of sp³-hybridized carbons (Fsp3) is 0.381. The van der Waals surface area contributed by atoms with Crippen molar-refractivity contribution >= 4 is 74.6 Å². The molecule has 1 saturated heterocycles. The summed E-state index contributed by atoms with van der Waals surface area (Å²) in [6.07, 6.45) is 3.28. The molecule has 17 heteroatoms. The molecule has 1 fully saturated rings. The van der Waals surface area contributed by atoms with E-state index < -0.39 is 35.2 Å². The minimum atomic E-state index is -1.27. The van der Waals surface area contributed by atoms with Crippen molar-refractivity contribution in [3.8, 4) is 0 Å². The van der Waals surface area contributed by atoms with Gasteiger partial charge in [0.25, 0.3) is 11.8 Å². The molecule has 0 bridgehead atoms. The summed E-state index contributed by atoms with van der Waals surface area (Å²) in [7, 11) is 0. The number of aliphatic carboxylic acids is 2. The second kappa shape index (κ2) is 11.9. The van der Waals surface area contributed by atoms with Gasteiger partial charge in [-0.15, -0.1) is 23.1 Å². The Morgan fingerprint density at radius 3 is 2.82 bits per heavy atom. The number of nitrogens with two attached hydrogens (primary N) is 1. The van der Waals surface area contributed by atoms with Crippen LogP contribution in [0.25, 0.3) is 0 Å². The molecule has 5 N–H and O–H groups in total. The number of hydrogen-bond donors (Lipinski definition) is 4. The van der Waals surface area contributed by atoms with E-state index in [2.05, 4.69) is 20.4 Å². The molecule has 1 aromatic heterocycles. The molecule has 4 rings (SSSR count). The van der Waals surface area contributed by atoms with Crippen LogP contribution < -0.4 is 11.1 Å². The Morgan fingerprint density at radius 1 is 1.37 bits per heavy atom. The number of carboxylic acids is 2. The van der Waals surface area contributed by atoms with E-state index in [1.807, 2.05) is 0 Å². The molecule has 3 aliphatic rings. The molecule has 14 nitrogen and oxygen atoms in total. The highest BCUT2D eigenvalue weighted by atomic mass is 32.2. The van der Waals surface area contributed by atoms with Gasteiger partial charge in [-0.1, -0.05) is 16.9 Å². The van der Waals surface area contributed by atoms with Crippen molar-refractivity contribution in [1.29, 1.82) is 0 Å². The van der Waals surface area contributed by atoms with E-state index in [9.17, 15) is 24.3 Å². The molecule has 38 heavy (non-hydrogen) atoms. The minimum Gasteiger partial charge on any atom is -0.480 e. The van der Waals surface area contributed by atoms with Crippen molar-refractivity contribution in [2.45, 2.75) is 18.3 Å². The fourth-order valence-corrected chi connectivity index (χ4v) is 6.78. The third kappa shape index (κ3) is 5.78. The summed E-state index contributed by atoms with van der Waals surface area (Å²) >= 11 is 3.63. The number of carbonyl (C=O) groups is 4. The van der Waals surface area contributed by atoms with Crippen LogP contribution in [-0.2, 0) is 24.0 Å². The van der Waals surface area contributed by atoms with E-state index in [-0.39, 0.29) is 41.1 Å². The number of carboxylic acid groups (broad SMARTS) is 2. The van der Waals surface area contributed by atoms with Crippen molar-refractivity contribution in [2.75, 3.05) is 36.9 Å². The number of aliphatic imine (C=N–C) groups is 1. The van der Waals surface area contributed by atoms with Gasteiger partial charge in [-0.3, -0.25) is 19.3 Å². The van der Waals surface area contributed by atoms with Crippen LogP contribution in [0.3, 0.4) is 0 Å². The number of nitrogens with one attached hydrogen (secondary N) is 1. The molecule has 0 saturated carbocycles. The number of nitrogen functional groups attached to an aromatic ring is 1. The lowest BCUT2D eigenvalue weighted by molar-refractivity contribution is -0.150. The van der Waals surface area contributed by atoms with E-state index in [1.54, 1.807) is 24.1 Å². The van der Waals surface area contributed by atoms with Gasteiger partial charge in [-0.25, -0.2) is 14.8 Å². The van der Waals surface area contributed by atoms with E-state index >= 15 is 0 Å². The lowest BCUT2D eigenvalue weighted by atomic mass is 10.0. The smallest absolute Gasteiger partial charge is 0.352 e. The number of amides is 2. The van der Waals surface area contributed by atoms with Crippen LogP contribution in [0, 0.1) is 0 Å². The third-order valence-electron chi connectivity index (χ3n) is 5.39. The van der Waals surface area contributed by atoms with E-state index in [0.717, 1.165) is 16.2 Å². The maximum absolute atomic E-state index is 13.0. The molecular formula is C21H23N7O7S3. The second-order valence-corrected chi connectivity index (χ2v) is 10.8. The predicted molar refractivity (Wildman–Crippen MR) is 143 cm³/mol. The van der Waals surface area contributed by atoms with E-state index in [0.29, 0.717) is 23.0 Å². The van der Waals surface area contributed by atoms with Crippen LogP contribution in [0.4, 0.5) is 5.13 Å². The number of anilines is 1. The first-order chi connectivity index (χ1) is 18.2. The molecule has 0 aliphatic carbocycles. The summed E-state index contributed by atoms with van der Waals surface area (Å²) in [5.74, 6) is -3.07. The summed E-state index contributed by atoms with van der Waals surface area (Å²) in [6.45, 7) is 2.02. The zero-order valence-electron chi connectivity index (χ0n) is 19.9. The zero-order valence-corrected chi connectivity index (χ0v) is 22.3. The number of nitrogens with zero attached hydrogens (tertiary/aromatic N) is 5. The summed E-state index contributed by atoms with van der Waals surface area (Å²) in [5.41, 5.74) is 6.06. The molecule has 0 aromatic carbocycles. The monoisotopic (exact) mass is 581 g/mol. The first-order valence-electron chi connectivity index (χ1n) is 11.2. The van der Waals surface area contributed by atoms with Gasteiger partial charge in [-0.05, 0) is 18.6 Å². The number of fused-ring (bicyclic) bond motifs is 1. The molecule has 0 radical (unpaired) electrons. The number of thioether (sulfide) groups is 2. The SMILES string of the molecule is CCON=C(C(=O)N[C@@H]1C(=O)N2C(C(=O)O)=C(CSC3=NC=CCN3CC(=O)O)CS[C@H]12)c1csc(N)n1. The van der Waals surface area contributed by atoms with Gasteiger partial charge < -0.3 is 31.0 Å². The summed E-state index contributed by atoms with van der Waals surface area (Å²) in [4.78, 5) is 65.3. The molecule has 3 aliphatic heterocycles. The largest absolute Gasteiger partial charge is 0.480 e. The number of carbonyl (C=O) groups excluding carboxylic acids is 2. The summed E-state index contributed by atoms with van der Waals surface area (Å²) < 4.78 is 0. The van der Waals surface area contributed by atoms with Crippen LogP contribution in [0.2, 0.25) is 0 Å². The molecule has 1 aromatic rings. The molecule has 0 spiro atoms. The maximum atomic E-state index is 13.0. The first kappa shape index (κ1) is 27.5. The number of amidine groups is 1. The number of aromatic nitrogens is 1. The summed E-state index contributed by atoms with van der Waals surface area (Å²) in [5, 5.41) is 27.1. The van der Waals surface area contributed by atoms with Gasteiger partial charge >= 0.3 is 11.9 Å². The molecule has 202 valence electrons. The Hall–Kier alpha value is -3.57. The number of thiazole rings is 1. The summed E-state index contributed by atoms with van der Waals surface area (Å²) in [6, 6.07) is -0.974. The fourth-order valence-electron chi connectivity index (χ4n) is 3.76. The molecule has 2 atom stereocenters. The lowest BCUT2D eigenvalue weighted by Crippen LogP contribution is -2.71. The molecule has 4 heterocycles. The zero-order chi connectivity index (χ0) is 27.4. The predicted octanol–water partition coefficient (Wildman–Crippen LogP) is 0.208. The van der Waals surface area contributed by atoms with Crippen LogP contribution in [-0.4, -0.2) is 102 Å². The van der Waals surface area contributed by atoms with Gasteiger partial charge in [0.1, 0.15) is 36.0 Å². The standard InChI is InChI=1S/C21H23N7O7S3/c1-2-35-26-13(11-9-37-20(22)24-11)16(31)25-14-17(32)28-15(19(33)34)10(7-36-18(14)28)8-38-21-23-4-3-5-27(21)6-12(29)30/h3-4,9,14,18H,2,5-8H2,1H3,(H2,22,24)(H,25,31)(H,29,30)(H,33,34)/t14-,18-/m1/s1. The van der Waals surface area contributed by atoms with Crippen LogP contribution in [0.5, 0.6) is 0 Å². The van der Waals surface area contributed by atoms with E-state index in [1.165, 1.54) is 28.9 Å². The van der Waals surface area contributed by atoms with Gasteiger partial charge in [0.2, 0.25) is 0 Å². The lowest BCUT2D eigenvalue weighted by Gasteiger charge is -2.49. The normalized spacial score (nSPS) is 21.0. The van der Waals surface area contributed by atoms with Crippen LogP contribution >= 0.6 is 34.9 Å². The second-order valence-electron chi connectivity index (χ2n) is 7.91. The Kier molecular flexibility index (Phi) is 8.58.